The first-order chi connectivity index (χ1) is 14.0. The Morgan fingerprint density at radius 3 is 2.69 bits per heavy atom. The van der Waals surface area contributed by atoms with E-state index in [1.165, 1.54) is 23.0 Å². The Morgan fingerprint density at radius 1 is 1.21 bits per heavy atom. The minimum absolute atomic E-state index is 0.0293. The maximum atomic E-state index is 12.9. The van der Waals surface area contributed by atoms with E-state index >= 15 is 0 Å². The van der Waals surface area contributed by atoms with Crippen LogP contribution in [0.4, 0.5) is 11.4 Å². The summed E-state index contributed by atoms with van der Waals surface area (Å²) in [5, 5.41) is 8.09. The molecule has 0 spiro atoms. The van der Waals surface area contributed by atoms with Gasteiger partial charge in [-0.2, -0.15) is 4.98 Å². The van der Waals surface area contributed by atoms with Gasteiger partial charge in [-0.1, -0.05) is 29.8 Å². The Balaban J connectivity index is 1.44. The van der Waals surface area contributed by atoms with Gasteiger partial charge in [-0.15, -0.1) is 5.10 Å². The third-order valence-electron chi connectivity index (χ3n) is 5.00. The highest BCUT2D eigenvalue weighted by molar-refractivity contribution is 9.10. The van der Waals surface area contributed by atoms with Crippen molar-refractivity contribution in [2.75, 3.05) is 23.3 Å². The van der Waals surface area contributed by atoms with Crippen LogP contribution in [0.15, 0.2) is 63.3 Å². The first-order valence-electron chi connectivity index (χ1n) is 9.45. The maximum Gasteiger partial charge on any atom is 0.229 e. The van der Waals surface area contributed by atoms with Gasteiger partial charge in [0.25, 0.3) is 0 Å². The zero-order valence-electron chi connectivity index (χ0n) is 16.3. The van der Waals surface area contributed by atoms with Gasteiger partial charge in [-0.25, -0.2) is 4.68 Å². The van der Waals surface area contributed by atoms with Crippen LogP contribution in [0.2, 0.25) is 0 Å². The summed E-state index contributed by atoms with van der Waals surface area (Å²) in [7, 11) is 1.85. The zero-order chi connectivity index (χ0) is 20.4. The number of para-hydroxylation sites is 1. The van der Waals surface area contributed by atoms with Crippen molar-refractivity contribution in [3.05, 3.63) is 58.8 Å². The molecular weight excluding hydrogens is 450 g/mol. The number of hydrogen-bond acceptors (Lipinski definition) is 5. The molecule has 1 aromatic heterocycles. The fourth-order valence-corrected chi connectivity index (χ4v) is 4.79. The molecule has 1 N–H and O–H groups in total. The maximum absolute atomic E-state index is 12.9. The van der Waals surface area contributed by atoms with E-state index in [1.54, 1.807) is 4.68 Å². The van der Waals surface area contributed by atoms with Crippen LogP contribution < -0.4 is 10.2 Å². The Hall–Kier alpha value is -2.32. The molecular formula is C21H22BrN5OS. The van der Waals surface area contributed by atoms with Crippen LogP contribution in [0.1, 0.15) is 12.0 Å². The number of anilines is 2. The lowest BCUT2D eigenvalue weighted by Crippen LogP contribution is -2.27. The van der Waals surface area contributed by atoms with Crippen molar-refractivity contribution in [2.24, 2.45) is 13.0 Å². The lowest BCUT2D eigenvalue weighted by Gasteiger charge is -2.19. The summed E-state index contributed by atoms with van der Waals surface area (Å²) in [5.41, 5.74) is 3.22. The Labute approximate surface area is 182 Å². The SMILES string of the molecule is Cc1ccc(N2CCC(C(=O)Nc3ccccc3Sc3nc(Br)nn3C)C2)cc1. The summed E-state index contributed by atoms with van der Waals surface area (Å²) in [4.78, 5) is 20.5. The fourth-order valence-electron chi connectivity index (χ4n) is 3.39. The van der Waals surface area contributed by atoms with Gasteiger partial charge in [0.05, 0.1) is 11.6 Å². The van der Waals surface area contributed by atoms with Crippen LogP contribution in [0, 0.1) is 12.8 Å². The molecule has 0 saturated carbocycles. The third kappa shape index (κ3) is 4.64. The van der Waals surface area contributed by atoms with Crippen molar-refractivity contribution < 1.29 is 4.79 Å². The van der Waals surface area contributed by atoms with E-state index in [-0.39, 0.29) is 11.8 Å². The number of carbonyl (C=O) groups is 1. The molecule has 1 aliphatic rings. The van der Waals surface area contributed by atoms with Crippen LogP contribution in [0.5, 0.6) is 0 Å². The number of benzene rings is 2. The predicted octanol–water partition coefficient (Wildman–Crippen LogP) is 4.50. The standard InChI is InChI=1S/C21H22BrN5OS/c1-14-7-9-16(10-8-14)27-12-11-15(13-27)19(28)23-17-5-3-4-6-18(17)29-21-24-20(22)25-26(21)2/h3-10,15H,11-13H2,1-2H3,(H,23,28). The van der Waals surface area contributed by atoms with Crippen LogP contribution in [-0.4, -0.2) is 33.8 Å². The zero-order valence-corrected chi connectivity index (χ0v) is 18.7. The van der Waals surface area contributed by atoms with Crippen molar-refractivity contribution in [3.8, 4) is 0 Å². The van der Waals surface area contributed by atoms with Crippen molar-refractivity contribution in [3.63, 3.8) is 0 Å². The van der Waals surface area contributed by atoms with E-state index < -0.39 is 0 Å². The molecule has 8 heteroatoms. The van der Waals surface area contributed by atoms with Gasteiger partial charge in [-0.05, 0) is 65.3 Å². The summed E-state index contributed by atoms with van der Waals surface area (Å²) >= 11 is 4.78. The molecule has 3 aromatic rings. The molecule has 0 aliphatic carbocycles. The number of aromatic nitrogens is 3. The average molecular weight is 472 g/mol. The van der Waals surface area contributed by atoms with E-state index in [0.717, 1.165) is 35.2 Å². The van der Waals surface area contributed by atoms with E-state index in [1.807, 2.05) is 31.3 Å². The minimum Gasteiger partial charge on any atom is -0.371 e. The molecule has 0 radical (unpaired) electrons. The molecule has 1 amide bonds. The highest BCUT2D eigenvalue weighted by Crippen LogP contribution is 2.33. The molecule has 1 unspecified atom stereocenters. The van der Waals surface area contributed by atoms with Gasteiger partial charge in [0.1, 0.15) is 0 Å². The number of aryl methyl sites for hydroxylation is 2. The van der Waals surface area contributed by atoms with E-state index in [4.69, 9.17) is 0 Å². The molecule has 150 valence electrons. The Morgan fingerprint density at radius 2 is 1.97 bits per heavy atom. The van der Waals surface area contributed by atoms with Gasteiger partial charge in [0.2, 0.25) is 10.6 Å². The molecule has 4 rings (SSSR count). The second-order valence-corrected chi connectivity index (χ2v) is 8.86. The number of hydrogen-bond donors (Lipinski definition) is 1. The van der Waals surface area contributed by atoms with Crippen LogP contribution in [0.25, 0.3) is 0 Å². The highest BCUT2D eigenvalue weighted by Gasteiger charge is 2.29. The number of carbonyl (C=O) groups excluding carboxylic acids is 1. The van der Waals surface area contributed by atoms with Gasteiger partial charge in [0.15, 0.2) is 5.16 Å². The average Bonchev–Trinajstić information content (AvgIpc) is 3.31. The summed E-state index contributed by atoms with van der Waals surface area (Å²) in [5.74, 6) is 0.0325. The summed E-state index contributed by atoms with van der Waals surface area (Å²) in [6, 6.07) is 16.3. The van der Waals surface area contributed by atoms with Crippen molar-refractivity contribution in [2.45, 2.75) is 23.4 Å². The summed E-state index contributed by atoms with van der Waals surface area (Å²) in [6.07, 6.45) is 0.852. The quantitative estimate of drug-likeness (QED) is 0.593. The first kappa shape index (κ1) is 20.0. The van der Waals surface area contributed by atoms with Gasteiger partial charge < -0.3 is 10.2 Å². The van der Waals surface area contributed by atoms with E-state index in [9.17, 15) is 4.79 Å². The number of nitrogens with one attached hydrogen (secondary N) is 1. The van der Waals surface area contributed by atoms with Crippen molar-refractivity contribution in [1.82, 2.24) is 14.8 Å². The number of nitrogens with zero attached hydrogens (tertiary/aromatic N) is 4. The van der Waals surface area contributed by atoms with Gasteiger partial charge >= 0.3 is 0 Å². The Kier molecular flexibility index (Phi) is 5.91. The third-order valence-corrected chi connectivity index (χ3v) is 6.45. The lowest BCUT2D eigenvalue weighted by molar-refractivity contribution is -0.119. The largest absolute Gasteiger partial charge is 0.371 e. The smallest absolute Gasteiger partial charge is 0.229 e. The molecule has 0 bridgehead atoms. The molecule has 6 nitrogen and oxygen atoms in total. The molecule has 29 heavy (non-hydrogen) atoms. The summed E-state index contributed by atoms with van der Waals surface area (Å²) < 4.78 is 2.26. The van der Waals surface area contributed by atoms with Crippen molar-refractivity contribution in [1.29, 1.82) is 0 Å². The molecule has 1 fully saturated rings. The van der Waals surface area contributed by atoms with Crippen LogP contribution in [0.3, 0.4) is 0 Å². The normalized spacial score (nSPS) is 16.2. The van der Waals surface area contributed by atoms with E-state index in [2.05, 4.69) is 67.4 Å². The minimum atomic E-state index is -0.0293. The second-order valence-electron chi connectivity index (χ2n) is 7.14. The second kappa shape index (κ2) is 8.59. The molecule has 2 aromatic carbocycles. The van der Waals surface area contributed by atoms with Crippen LogP contribution >= 0.6 is 27.7 Å². The van der Waals surface area contributed by atoms with Gasteiger partial charge in [-0.3, -0.25) is 4.79 Å². The fraction of sp³-hybridized carbons (Fsp3) is 0.286. The lowest BCUT2D eigenvalue weighted by atomic mass is 10.1. The molecule has 1 aliphatic heterocycles. The number of halogens is 1. The number of amides is 1. The van der Waals surface area contributed by atoms with E-state index in [0.29, 0.717) is 4.73 Å². The van der Waals surface area contributed by atoms with Crippen LogP contribution in [-0.2, 0) is 11.8 Å². The molecule has 2 heterocycles. The topological polar surface area (TPSA) is 63.1 Å². The molecule has 1 saturated heterocycles. The van der Waals surface area contributed by atoms with Crippen molar-refractivity contribution >= 4 is 45.0 Å². The highest BCUT2D eigenvalue weighted by atomic mass is 79.9. The predicted molar refractivity (Wildman–Crippen MR) is 119 cm³/mol. The monoisotopic (exact) mass is 471 g/mol. The Bertz CT molecular complexity index is 1020. The number of rotatable bonds is 5. The summed E-state index contributed by atoms with van der Waals surface area (Å²) in [6.45, 7) is 3.71. The first-order valence-corrected chi connectivity index (χ1v) is 11.1. The molecule has 1 atom stereocenters. The van der Waals surface area contributed by atoms with Gasteiger partial charge in [0, 0.05) is 30.7 Å².